The van der Waals surface area contributed by atoms with E-state index in [1.54, 1.807) is 7.05 Å². The van der Waals surface area contributed by atoms with Crippen LogP contribution in [0.15, 0.2) is 33.7 Å². The highest BCUT2D eigenvalue weighted by Crippen LogP contribution is 2.48. The van der Waals surface area contributed by atoms with E-state index < -0.39 is 0 Å². The van der Waals surface area contributed by atoms with Crippen LogP contribution in [-0.2, 0) is 10.2 Å². The summed E-state index contributed by atoms with van der Waals surface area (Å²) in [6.07, 6.45) is 2.38. The van der Waals surface area contributed by atoms with Crippen molar-refractivity contribution in [2.24, 2.45) is 10.4 Å². The van der Waals surface area contributed by atoms with Gasteiger partial charge in [-0.1, -0.05) is 48.8 Å². The van der Waals surface area contributed by atoms with Crippen LogP contribution in [0.4, 0.5) is 0 Å². The molecule has 25 heavy (non-hydrogen) atoms. The Morgan fingerprint density at radius 3 is 2.44 bits per heavy atom. The summed E-state index contributed by atoms with van der Waals surface area (Å²) < 4.78 is 1.12. The fraction of sp³-hybridized carbons (Fsp3) is 0.579. The summed E-state index contributed by atoms with van der Waals surface area (Å²) in [6.45, 7) is 7.81. The van der Waals surface area contributed by atoms with Crippen molar-refractivity contribution in [1.82, 2.24) is 16.0 Å². The van der Waals surface area contributed by atoms with Crippen LogP contribution in [0.25, 0.3) is 0 Å². The number of halogens is 1. The molecule has 0 spiro atoms. The lowest BCUT2D eigenvalue weighted by Crippen LogP contribution is -2.45. The quantitative estimate of drug-likeness (QED) is 0.385. The Morgan fingerprint density at radius 2 is 1.88 bits per heavy atom. The first-order chi connectivity index (χ1) is 11.8. The molecule has 0 radical (unpaired) electrons. The molecule has 0 bridgehead atoms. The second-order valence-electron chi connectivity index (χ2n) is 7.65. The Bertz CT molecular complexity index is 633. The second-order valence-corrected chi connectivity index (χ2v) is 8.56. The van der Waals surface area contributed by atoms with Gasteiger partial charge in [0.2, 0.25) is 5.91 Å². The van der Waals surface area contributed by atoms with Crippen LogP contribution in [0.5, 0.6) is 0 Å². The molecular formula is C19H29BrN4O. The molecule has 2 rings (SSSR count). The van der Waals surface area contributed by atoms with Gasteiger partial charge in [-0.15, -0.1) is 0 Å². The van der Waals surface area contributed by atoms with E-state index in [-0.39, 0.29) is 16.7 Å². The maximum absolute atomic E-state index is 11.8. The summed E-state index contributed by atoms with van der Waals surface area (Å²) in [6, 6.07) is 8.54. The predicted octanol–water partition coefficient (Wildman–Crippen LogP) is 2.81. The lowest BCUT2D eigenvalue weighted by atomic mass is 9.96. The number of nitrogens with zero attached hydrogens (tertiary/aromatic N) is 1. The van der Waals surface area contributed by atoms with Crippen LogP contribution in [-0.4, -0.2) is 38.5 Å². The maximum atomic E-state index is 11.8. The number of hydrogen-bond donors (Lipinski definition) is 3. The number of carbonyl (C=O) groups excluding carboxylic acids is 1. The van der Waals surface area contributed by atoms with Crippen molar-refractivity contribution >= 4 is 27.8 Å². The third kappa shape index (κ3) is 5.73. The fourth-order valence-electron chi connectivity index (χ4n) is 2.63. The first-order valence-electron chi connectivity index (χ1n) is 8.76. The molecule has 138 valence electrons. The van der Waals surface area contributed by atoms with Gasteiger partial charge in [-0.2, -0.15) is 0 Å². The summed E-state index contributed by atoms with van der Waals surface area (Å²) >= 11 is 3.55. The predicted molar refractivity (Wildman–Crippen MR) is 107 cm³/mol. The SMILES string of the molecule is CN=C(NCCNC(=O)C(C)(C)C)NCC1(c2cccc(Br)c2)CC1. The first-order valence-corrected chi connectivity index (χ1v) is 9.55. The van der Waals surface area contributed by atoms with Crippen LogP contribution >= 0.6 is 15.9 Å². The van der Waals surface area contributed by atoms with E-state index in [0.29, 0.717) is 13.1 Å². The number of aliphatic imine (C=N–C) groups is 1. The van der Waals surface area contributed by atoms with Crippen molar-refractivity contribution in [3.63, 3.8) is 0 Å². The number of rotatable bonds is 6. The van der Waals surface area contributed by atoms with E-state index in [2.05, 4.69) is 61.1 Å². The molecule has 0 unspecified atom stereocenters. The third-order valence-electron chi connectivity index (χ3n) is 4.49. The Hall–Kier alpha value is -1.56. The van der Waals surface area contributed by atoms with Crippen molar-refractivity contribution < 1.29 is 4.79 Å². The maximum Gasteiger partial charge on any atom is 0.225 e. The van der Waals surface area contributed by atoms with E-state index in [1.165, 1.54) is 18.4 Å². The zero-order chi connectivity index (χ0) is 18.5. The molecule has 1 saturated carbocycles. The molecule has 1 aromatic carbocycles. The molecule has 3 N–H and O–H groups in total. The first kappa shape index (κ1) is 19.8. The molecule has 0 aromatic heterocycles. The zero-order valence-corrected chi connectivity index (χ0v) is 17.2. The Morgan fingerprint density at radius 1 is 1.20 bits per heavy atom. The normalized spacial score (nSPS) is 16.3. The van der Waals surface area contributed by atoms with Crippen LogP contribution in [0.2, 0.25) is 0 Å². The summed E-state index contributed by atoms with van der Waals surface area (Å²) in [5.41, 5.74) is 1.21. The van der Waals surface area contributed by atoms with Crippen LogP contribution < -0.4 is 16.0 Å². The third-order valence-corrected chi connectivity index (χ3v) is 4.99. The minimum Gasteiger partial charge on any atom is -0.356 e. The molecule has 1 aliphatic carbocycles. The minimum atomic E-state index is -0.359. The molecule has 6 heteroatoms. The van der Waals surface area contributed by atoms with Gasteiger partial charge in [0.15, 0.2) is 5.96 Å². The second kappa shape index (κ2) is 8.21. The number of carbonyl (C=O) groups is 1. The largest absolute Gasteiger partial charge is 0.356 e. The Balaban J connectivity index is 1.77. The number of nitrogens with one attached hydrogen (secondary N) is 3. The highest BCUT2D eigenvalue weighted by Gasteiger charge is 2.44. The van der Waals surface area contributed by atoms with E-state index in [0.717, 1.165) is 17.0 Å². The van der Waals surface area contributed by atoms with Gasteiger partial charge in [0.1, 0.15) is 0 Å². The van der Waals surface area contributed by atoms with Crippen molar-refractivity contribution in [1.29, 1.82) is 0 Å². The molecule has 5 nitrogen and oxygen atoms in total. The van der Waals surface area contributed by atoms with Crippen LogP contribution in [0.3, 0.4) is 0 Å². The topological polar surface area (TPSA) is 65.5 Å². The zero-order valence-electron chi connectivity index (χ0n) is 15.6. The average molecular weight is 409 g/mol. The molecule has 0 heterocycles. The van der Waals surface area contributed by atoms with Crippen LogP contribution in [0.1, 0.15) is 39.2 Å². The summed E-state index contributed by atoms with van der Waals surface area (Å²) in [5.74, 6) is 0.829. The summed E-state index contributed by atoms with van der Waals surface area (Å²) in [5, 5.41) is 9.60. The van der Waals surface area contributed by atoms with Gasteiger partial charge in [-0.05, 0) is 30.5 Å². The van der Waals surface area contributed by atoms with Gasteiger partial charge >= 0.3 is 0 Å². The number of guanidine groups is 1. The number of benzene rings is 1. The summed E-state index contributed by atoms with van der Waals surface area (Å²) in [7, 11) is 1.77. The summed E-state index contributed by atoms with van der Waals surface area (Å²) in [4.78, 5) is 16.1. The van der Waals surface area contributed by atoms with Gasteiger partial charge in [0.25, 0.3) is 0 Å². The fourth-order valence-corrected chi connectivity index (χ4v) is 3.03. The van der Waals surface area contributed by atoms with Gasteiger partial charge < -0.3 is 16.0 Å². The lowest BCUT2D eigenvalue weighted by Gasteiger charge is -2.20. The van der Waals surface area contributed by atoms with E-state index in [9.17, 15) is 4.79 Å². The van der Waals surface area contributed by atoms with Gasteiger partial charge in [0, 0.05) is 42.0 Å². The average Bonchev–Trinajstić information content (AvgIpc) is 3.34. The Kier molecular flexibility index (Phi) is 6.49. The molecule has 1 amide bonds. The molecule has 1 fully saturated rings. The number of amides is 1. The van der Waals surface area contributed by atoms with E-state index >= 15 is 0 Å². The van der Waals surface area contributed by atoms with Crippen LogP contribution in [0, 0.1) is 5.41 Å². The monoisotopic (exact) mass is 408 g/mol. The lowest BCUT2D eigenvalue weighted by molar-refractivity contribution is -0.128. The van der Waals surface area contributed by atoms with E-state index in [1.807, 2.05) is 20.8 Å². The number of hydrogen-bond acceptors (Lipinski definition) is 2. The molecule has 0 saturated heterocycles. The van der Waals surface area contributed by atoms with Gasteiger partial charge in [-0.3, -0.25) is 9.79 Å². The highest BCUT2D eigenvalue weighted by molar-refractivity contribution is 9.10. The molecule has 1 aromatic rings. The van der Waals surface area contributed by atoms with Crippen molar-refractivity contribution in [3.05, 3.63) is 34.3 Å². The molecule has 0 aliphatic heterocycles. The molecular weight excluding hydrogens is 380 g/mol. The van der Waals surface area contributed by atoms with Crippen molar-refractivity contribution in [2.45, 2.75) is 39.0 Å². The van der Waals surface area contributed by atoms with Crippen molar-refractivity contribution in [3.8, 4) is 0 Å². The van der Waals surface area contributed by atoms with E-state index in [4.69, 9.17) is 0 Å². The molecule has 0 atom stereocenters. The van der Waals surface area contributed by atoms with Gasteiger partial charge in [-0.25, -0.2) is 0 Å². The highest BCUT2D eigenvalue weighted by atomic mass is 79.9. The smallest absolute Gasteiger partial charge is 0.225 e. The standard InChI is InChI=1S/C19H29BrN4O/c1-18(2,3)16(25)22-10-11-23-17(21-4)24-13-19(8-9-19)14-6-5-7-15(20)12-14/h5-7,12H,8-11,13H2,1-4H3,(H,22,25)(H2,21,23,24). The minimum absolute atomic E-state index is 0.0591. The Labute approximate surface area is 159 Å². The molecule has 1 aliphatic rings. The van der Waals surface area contributed by atoms with Gasteiger partial charge in [0.05, 0.1) is 0 Å². The van der Waals surface area contributed by atoms with Crippen molar-refractivity contribution in [2.75, 3.05) is 26.7 Å².